The van der Waals surface area contributed by atoms with Crippen molar-refractivity contribution in [2.24, 2.45) is 0 Å². The summed E-state index contributed by atoms with van der Waals surface area (Å²) >= 11 is 5.87. The van der Waals surface area contributed by atoms with Gasteiger partial charge < -0.3 is 5.32 Å². The summed E-state index contributed by atoms with van der Waals surface area (Å²) in [7, 11) is 0. The van der Waals surface area contributed by atoms with Crippen LogP contribution in [0.1, 0.15) is 30.9 Å². The van der Waals surface area contributed by atoms with Crippen LogP contribution in [0, 0.1) is 13.8 Å². The van der Waals surface area contributed by atoms with Gasteiger partial charge in [0.15, 0.2) is 11.0 Å². The number of aromatic nitrogens is 2. The van der Waals surface area contributed by atoms with Gasteiger partial charge in [0.1, 0.15) is 0 Å². The van der Waals surface area contributed by atoms with Crippen molar-refractivity contribution in [2.45, 2.75) is 39.2 Å². The topological polar surface area (TPSA) is 37.8 Å². The van der Waals surface area contributed by atoms with Crippen LogP contribution in [0.3, 0.4) is 0 Å². The Morgan fingerprint density at radius 2 is 1.86 bits per heavy atom. The van der Waals surface area contributed by atoms with E-state index < -0.39 is 0 Å². The van der Waals surface area contributed by atoms with E-state index in [9.17, 15) is 0 Å². The van der Waals surface area contributed by atoms with Gasteiger partial charge in [0.25, 0.3) is 0 Å². The third-order valence-corrected chi connectivity index (χ3v) is 3.24. The molecule has 1 aliphatic rings. The monoisotopic (exact) mass is 211 g/mol. The Morgan fingerprint density at radius 3 is 2.43 bits per heavy atom. The fraction of sp³-hybridized carbons (Fsp3) is 0.600. The number of nitrogens with zero attached hydrogens (tertiary/aromatic N) is 2. The molecule has 0 amide bonds. The van der Waals surface area contributed by atoms with Crippen LogP contribution in [0.25, 0.3) is 0 Å². The molecule has 14 heavy (non-hydrogen) atoms. The van der Waals surface area contributed by atoms with Crippen molar-refractivity contribution in [3.8, 4) is 0 Å². The normalized spacial score (nSPS) is 18.0. The lowest BCUT2D eigenvalue weighted by Gasteiger charge is -2.14. The number of hydrogen-bond donors (Lipinski definition) is 1. The minimum atomic E-state index is 0.236. The molecule has 0 unspecified atom stereocenters. The summed E-state index contributed by atoms with van der Waals surface area (Å²) in [5, 5.41) is 11.9. The zero-order chi connectivity index (χ0) is 10.3. The molecule has 1 fully saturated rings. The largest absolute Gasteiger partial charge is 0.363 e. The predicted octanol–water partition coefficient (Wildman–Crippen LogP) is 2.71. The molecule has 1 aromatic rings. The molecule has 76 valence electrons. The fourth-order valence-corrected chi connectivity index (χ4v) is 1.47. The minimum absolute atomic E-state index is 0.236. The first-order chi connectivity index (χ1) is 6.52. The molecule has 0 spiro atoms. The molecule has 0 aliphatic heterocycles. The highest BCUT2D eigenvalue weighted by molar-refractivity contribution is 6.30. The Morgan fingerprint density at radius 1 is 1.21 bits per heavy atom. The van der Waals surface area contributed by atoms with Crippen molar-refractivity contribution in [1.29, 1.82) is 0 Å². The number of halogens is 1. The lowest BCUT2D eigenvalue weighted by atomic mass is 10.2. The Balaban J connectivity index is 2.30. The van der Waals surface area contributed by atoms with Crippen LogP contribution in [0.5, 0.6) is 0 Å². The molecule has 0 aromatic carbocycles. The van der Waals surface area contributed by atoms with E-state index in [1.165, 1.54) is 12.8 Å². The van der Waals surface area contributed by atoms with Crippen molar-refractivity contribution in [2.75, 3.05) is 5.32 Å². The Labute approximate surface area is 88.9 Å². The molecule has 0 bridgehead atoms. The highest BCUT2D eigenvalue weighted by atomic mass is 35.5. The second-order valence-electron chi connectivity index (χ2n) is 4.28. The van der Waals surface area contributed by atoms with E-state index in [1.807, 2.05) is 13.8 Å². The lowest BCUT2D eigenvalue weighted by Crippen LogP contribution is -2.18. The fourth-order valence-electron chi connectivity index (χ4n) is 1.29. The van der Waals surface area contributed by atoms with Crippen LogP contribution in [-0.4, -0.2) is 15.7 Å². The van der Waals surface area contributed by atoms with Gasteiger partial charge in [-0.05, 0) is 44.7 Å². The van der Waals surface area contributed by atoms with Gasteiger partial charge in [-0.15, -0.1) is 10.2 Å². The van der Waals surface area contributed by atoms with E-state index in [0.29, 0.717) is 5.15 Å². The van der Waals surface area contributed by atoms with Crippen LogP contribution in [0.2, 0.25) is 5.15 Å². The zero-order valence-electron chi connectivity index (χ0n) is 8.69. The molecule has 0 radical (unpaired) electrons. The Bertz CT molecular complexity index is 372. The molecule has 2 rings (SSSR count). The van der Waals surface area contributed by atoms with Crippen molar-refractivity contribution in [1.82, 2.24) is 10.2 Å². The van der Waals surface area contributed by atoms with Gasteiger partial charge in [-0.2, -0.15) is 0 Å². The lowest BCUT2D eigenvalue weighted by molar-refractivity contribution is 0.807. The van der Waals surface area contributed by atoms with E-state index in [-0.39, 0.29) is 5.54 Å². The smallest absolute Gasteiger partial charge is 0.155 e. The van der Waals surface area contributed by atoms with Crippen molar-refractivity contribution in [3.05, 3.63) is 16.3 Å². The molecule has 1 saturated carbocycles. The molecule has 3 nitrogen and oxygen atoms in total. The van der Waals surface area contributed by atoms with Crippen LogP contribution < -0.4 is 5.32 Å². The summed E-state index contributed by atoms with van der Waals surface area (Å²) in [4.78, 5) is 0. The second kappa shape index (κ2) is 3.09. The molecule has 4 heteroatoms. The molecule has 0 saturated heterocycles. The van der Waals surface area contributed by atoms with Gasteiger partial charge in [0.05, 0.1) is 0 Å². The van der Waals surface area contributed by atoms with Crippen molar-refractivity contribution < 1.29 is 0 Å². The summed E-state index contributed by atoms with van der Waals surface area (Å²) in [6.45, 7) is 6.18. The minimum Gasteiger partial charge on any atom is -0.363 e. The molecule has 1 aliphatic carbocycles. The third kappa shape index (κ3) is 1.69. The van der Waals surface area contributed by atoms with Crippen LogP contribution in [0.15, 0.2) is 0 Å². The summed E-state index contributed by atoms with van der Waals surface area (Å²) in [6, 6.07) is 0. The number of nitrogens with one attached hydrogen (secondary N) is 1. The van der Waals surface area contributed by atoms with E-state index in [4.69, 9.17) is 11.6 Å². The maximum absolute atomic E-state index is 5.87. The quantitative estimate of drug-likeness (QED) is 0.818. The maximum Gasteiger partial charge on any atom is 0.155 e. The predicted molar refractivity (Wildman–Crippen MR) is 57.8 cm³/mol. The first kappa shape index (κ1) is 9.71. The summed E-state index contributed by atoms with van der Waals surface area (Å²) < 4.78 is 0. The molecular weight excluding hydrogens is 198 g/mol. The molecule has 0 atom stereocenters. The summed E-state index contributed by atoms with van der Waals surface area (Å²) in [6.07, 6.45) is 2.41. The second-order valence-corrected chi connectivity index (χ2v) is 4.63. The average molecular weight is 212 g/mol. The van der Waals surface area contributed by atoms with E-state index in [2.05, 4.69) is 22.4 Å². The zero-order valence-corrected chi connectivity index (χ0v) is 9.44. The first-order valence-electron chi connectivity index (χ1n) is 4.79. The molecule has 1 aromatic heterocycles. The third-order valence-electron chi connectivity index (χ3n) is 2.89. The molecule has 1 N–H and O–H groups in total. The van der Waals surface area contributed by atoms with Crippen LogP contribution >= 0.6 is 11.6 Å². The maximum atomic E-state index is 5.87. The highest BCUT2D eigenvalue weighted by Crippen LogP contribution is 2.38. The van der Waals surface area contributed by atoms with E-state index in [1.54, 1.807) is 0 Å². The van der Waals surface area contributed by atoms with Gasteiger partial charge in [0.2, 0.25) is 0 Å². The van der Waals surface area contributed by atoms with Gasteiger partial charge in [-0.3, -0.25) is 0 Å². The van der Waals surface area contributed by atoms with Crippen molar-refractivity contribution >= 4 is 17.4 Å². The SMILES string of the molecule is Cc1c(Cl)nnc(NC2(C)CC2)c1C. The number of hydrogen-bond acceptors (Lipinski definition) is 3. The number of anilines is 1. The highest BCUT2D eigenvalue weighted by Gasteiger charge is 2.37. The molecular formula is C10H14ClN3. The molecule has 1 heterocycles. The van der Waals surface area contributed by atoms with Gasteiger partial charge in [0, 0.05) is 5.54 Å². The Kier molecular flexibility index (Phi) is 2.14. The van der Waals surface area contributed by atoms with Crippen molar-refractivity contribution in [3.63, 3.8) is 0 Å². The number of rotatable bonds is 2. The van der Waals surface area contributed by atoms with Crippen LogP contribution in [-0.2, 0) is 0 Å². The summed E-state index contributed by atoms with van der Waals surface area (Å²) in [5.41, 5.74) is 2.34. The standard InChI is InChI=1S/C10H14ClN3/c1-6-7(2)9(14-13-8(6)11)12-10(3)4-5-10/h4-5H2,1-3H3,(H,12,14). The van der Waals surface area contributed by atoms with Crippen LogP contribution in [0.4, 0.5) is 5.82 Å². The van der Waals surface area contributed by atoms with E-state index >= 15 is 0 Å². The van der Waals surface area contributed by atoms with Gasteiger partial charge in [-0.25, -0.2) is 0 Å². The van der Waals surface area contributed by atoms with E-state index in [0.717, 1.165) is 16.9 Å². The van der Waals surface area contributed by atoms with Gasteiger partial charge >= 0.3 is 0 Å². The first-order valence-corrected chi connectivity index (χ1v) is 5.17. The summed E-state index contributed by atoms with van der Waals surface area (Å²) in [5.74, 6) is 0.868. The average Bonchev–Trinajstić information content (AvgIpc) is 2.86. The van der Waals surface area contributed by atoms with Gasteiger partial charge in [-0.1, -0.05) is 11.6 Å². The Hall–Kier alpha value is -0.830.